The van der Waals surface area contributed by atoms with E-state index < -0.39 is 0 Å². The molecular formula is C17H19N3. The van der Waals surface area contributed by atoms with Crippen LogP contribution in [-0.4, -0.2) is 24.0 Å². The van der Waals surface area contributed by atoms with Gasteiger partial charge in [-0.15, -0.1) is 0 Å². The zero-order valence-corrected chi connectivity index (χ0v) is 11.5. The van der Waals surface area contributed by atoms with Crippen LogP contribution in [0.4, 0.5) is 0 Å². The van der Waals surface area contributed by atoms with Crippen LogP contribution in [0.3, 0.4) is 0 Å². The van der Waals surface area contributed by atoms with Gasteiger partial charge in [-0.2, -0.15) is 5.26 Å². The second-order valence-corrected chi connectivity index (χ2v) is 5.62. The van der Waals surface area contributed by atoms with Gasteiger partial charge in [-0.25, -0.2) is 0 Å². The second-order valence-electron chi connectivity index (χ2n) is 5.62. The normalized spacial score (nSPS) is 17.2. The van der Waals surface area contributed by atoms with Gasteiger partial charge in [-0.05, 0) is 60.5 Å². The van der Waals surface area contributed by atoms with E-state index in [0.717, 1.165) is 43.4 Å². The van der Waals surface area contributed by atoms with Gasteiger partial charge in [0.25, 0.3) is 0 Å². The zero-order valence-electron chi connectivity index (χ0n) is 11.5. The molecular weight excluding hydrogens is 246 g/mol. The minimum Gasteiger partial charge on any atom is -0.328 e. The van der Waals surface area contributed by atoms with Gasteiger partial charge in [0.2, 0.25) is 0 Å². The molecule has 102 valence electrons. The van der Waals surface area contributed by atoms with Crippen molar-refractivity contribution >= 4 is 10.8 Å². The zero-order chi connectivity index (χ0) is 13.9. The molecule has 1 heterocycles. The van der Waals surface area contributed by atoms with E-state index in [1.807, 2.05) is 18.2 Å². The van der Waals surface area contributed by atoms with Crippen molar-refractivity contribution in [2.45, 2.75) is 25.4 Å². The van der Waals surface area contributed by atoms with Crippen LogP contribution in [0, 0.1) is 11.3 Å². The number of nitrogens with two attached hydrogens (primary N) is 1. The maximum atomic E-state index is 8.98. The maximum Gasteiger partial charge on any atom is 0.0991 e. The highest BCUT2D eigenvalue weighted by atomic mass is 15.1. The van der Waals surface area contributed by atoms with Crippen LogP contribution in [0.2, 0.25) is 0 Å². The van der Waals surface area contributed by atoms with Gasteiger partial charge in [0.05, 0.1) is 11.6 Å². The van der Waals surface area contributed by atoms with Crippen molar-refractivity contribution in [2.75, 3.05) is 13.1 Å². The molecule has 0 spiro atoms. The van der Waals surface area contributed by atoms with Crippen molar-refractivity contribution < 1.29 is 0 Å². The van der Waals surface area contributed by atoms with Crippen LogP contribution in [0.5, 0.6) is 0 Å². The van der Waals surface area contributed by atoms with E-state index in [1.165, 1.54) is 10.9 Å². The topological polar surface area (TPSA) is 53.0 Å². The average Bonchev–Trinajstić information content (AvgIpc) is 2.49. The lowest BCUT2D eigenvalue weighted by atomic mass is 10.0. The first-order valence-corrected chi connectivity index (χ1v) is 7.15. The minimum absolute atomic E-state index is 0.376. The number of nitriles is 1. The summed E-state index contributed by atoms with van der Waals surface area (Å²) >= 11 is 0. The minimum atomic E-state index is 0.376. The van der Waals surface area contributed by atoms with Gasteiger partial charge in [0, 0.05) is 12.6 Å². The average molecular weight is 265 g/mol. The molecule has 20 heavy (non-hydrogen) atoms. The lowest BCUT2D eigenvalue weighted by Gasteiger charge is -2.30. The fraction of sp³-hybridized carbons (Fsp3) is 0.353. The standard InChI is InChI=1S/C17H19N3/c18-11-13-1-3-15-4-2-14(10-16(15)9-13)12-20-7-5-17(19)6-8-20/h1-4,9-10,17H,5-8,12,19H2. The van der Waals surface area contributed by atoms with Crippen molar-refractivity contribution in [3.63, 3.8) is 0 Å². The molecule has 2 N–H and O–H groups in total. The molecule has 0 atom stereocenters. The molecule has 0 bridgehead atoms. The molecule has 0 aliphatic carbocycles. The van der Waals surface area contributed by atoms with E-state index >= 15 is 0 Å². The van der Waals surface area contributed by atoms with Crippen LogP contribution in [0.15, 0.2) is 36.4 Å². The first-order chi connectivity index (χ1) is 9.74. The first-order valence-electron chi connectivity index (χ1n) is 7.15. The van der Waals surface area contributed by atoms with E-state index in [1.54, 1.807) is 0 Å². The number of nitrogens with zero attached hydrogens (tertiary/aromatic N) is 2. The molecule has 2 aromatic carbocycles. The van der Waals surface area contributed by atoms with E-state index in [4.69, 9.17) is 11.0 Å². The molecule has 0 saturated carbocycles. The Morgan fingerprint density at radius 1 is 1.10 bits per heavy atom. The molecule has 0 aromatic heterocycles. The van der Waals surface area contributed by atoms with Crippen molar-refractivity contribution in [3.8, 4) is 6.07 Å². The van der Waals surface area contributed by atoms with E-state index in [-0.39, 0.29) is 0 Å². The fourth-order valence-electron chi connectivity index (χ4n) is 2.83. The molecule has 3 nitrogen and oxygen atoms in total. The molecule has 0 amide bonds. The highest BCUT2D eigenvalue weighted by molar-refractivity contribution is 5.84. The second kappa shape index (κ2) is 5.62. The van der Waals surface area contributed by atoms with E-state index in [9.17, 15) is 0 Å². The van der Waals surface area contributed by atoms with Gasteiger partial charge >= 0.3 is 0 Å². The van der Waals surface area contributed by atoms with Crippen LogP contribution >= 0.6 is 0 Å². The predicted molar refractivity (Wildman–Crippen MR) is 81.1 cm³/mol. The Hall–Kier alpha value is -1.89. The monoisotopic (exact) mass is 265 g/mol. The van der Waals surface area contributed by atoms with Crippen LogP contribution in [0.25, 0.3) is 10.8 Å². The molecule has 1 fully saturated rings. The Morgan fingerprint density at radius 3 is 2.60 bits per heavy atom. The van der Waals surface area contributed by atoms with E-state index in [0.29, 0.717) is 6.04 Å². The van der Waals surface area contributed by atoms with Crippen LogP contribution in [-0.2, 0) is 6.54 Å². The Balaban J connectivity index is 1.80. The Morgan fingerprint density at radius 2 is 1.85 bits per heavy atom. The molecule has 1 saturated heterocycles. The highest BCUT2D eigenvalue weighted by Gasteiger charge is 2.15. The van der Waals surface area contributed by atoms with Gasteiger partial charge in [0.1, 0.15) is 0 Å². The molecule has 1 aliphatic heterocycles. The SMILES string of the molecule is N#Cc1ccc2ccc(CN3CCC(N)CC3)cc2c1. The molecule has 0 unspecified atom stereocenters. The lowest BCUT2D eigenvalue weighted by molar-refractivity contribution is 0.206. The van der Waals surface area contributed by atoms with Crippen molar-refractivity contribution in [1.82, 2.24) is 4.90 Å². The first kappa shape index (κ1) is 13.1. The van der Waals surface area contributed by atoms with Gasteiger partial charge < -0.3 is 5.73 Å². The molecule has 2 aromatic rings. The largest absolute Gasteiger partial charge is 0.328 e. The van der Waals surface area contributed by atoms with Gasteiger partial charge in [-0.3, -0.25) is 4.90 Å². The van der Waals surface area contributed by atoms with Crippen molar-refractivity contribution in [1.29, 1.82) is 5.26 Å². The summed E-state index contributed by atoms with van der Waals surface area (Å²) in [6.45, 7) is 3.13. The summed E-state index contributed by atoms with van der Waals surface area (Å²) in [5, 5.41) is 11.3. The van der Waals surface area contributed by atoms with Crippen LogP contribution in [0.1, 0.15) is 24.0 Å². The highest BCUT2D eigenvalue weighted by Crippen LogP contribution is 2.20. The summed E-state index contributed by atoms with van der Waals surface area (Å²) in [7, 11) is 0. The third-order valence-electron chi connectivity index (χ3n) is 4.07. The quantitative estimate of drug-likeness (QED) is 0.908. The molecule has 0 radical (unpaired) electrons. The number of benzene rings is 2. The Kier molecular flexibility index (Phi) is 3.68. The number of piperidine rings is 1. The summed E-state index contributed by atoms with van der Waals surface area (Å²) < 4.78 is 0. The molecule has 3 heteroatoms. The van der Waals surface area contributed by atoms with Crippen LogP contribution < -0.4 is 5.73 Å². The van der Waals surface area contributed by atoms with Gasteiger partial charge in [-0.1, -0.05) is 18.2 Å². The lowest BCUT2D eigenvalue weighted by Crippen LogP contribution is -2.39. The number of fused-ring (bicyclic) bond motifs is 1. The number of rotatable bonds is 2. The summed E-state index contributed by atoms with van der Waals surface area (Å²) in [5.41, 5.74) is 7.97. The Labute approximate surface area is 119 Å². The smallest absolute Gasteiger partial charge is 0.0991 e. The summed E-state index contributed by atoms with van der Waals surface area (Å²) in [6, 6.07) is 14.9. The fourth-order valence-corrected chi connectivity index (χ4v) is 2.83. The summed E-state index contributed by atoms with van der Waals surface area (Å²) in [6.07, 6.45) is 2.18. The van der Waals surface area contributed by atoms with Gasteiger partial charge in [0.15, 0.2) is 0 Å². The third kappa shape index (κ3) is 2.82. The maximum absolute atomic E-state index is 8.98. The Bertz CT molecular complexity index is 649. The third-order valence-corrected chi connectivity index (χ3v) is 4.07. The predicted octanol–water partition coefficient (Wildman–Crippen LogP) is 2.63. The molecule has 1 aliphatic rings. The van der Waals surface area contributed by atoms with Crippen molar-refractivity contribution in [3.05, 3.63) is 47.5 Å². The summed E-state index contributed by atoms with van der Waals surface area (Å²) in [5.74, 6) is 0. The number of hydrogen-bond acceptors (Lipinski definition) is 3. The van der Waals surface area contributed by atoms with E-state index in [2.05, 4.69) is 29.2 Å². The number of likely N-dealkylation sites (tertiary alicyclic amines) is 1. The molecule has 3 rings (SSSR count). The van der Waals surface area contributed by atoms with Crippen molar-refractivity contribution in [2.24, 2.45) is 5.73 Å². The summed E-state index contributed by atoms with van der Waals surface area (Å²) in [4.78, 5) is 2.46. The number of hydrogen-bond donors (Lipinski definition) is 1.